The molecule has 0 spiro atoms. The van der Waals surface area contributed by atoms with Crippen molar-refractivity contribution in [2.24, 2.45) is 0 Å². The molecule has 0 unspecified atom stereocenters. The van der Waals surface area contributed by atoms with Gasteiger partial charge < -0.3 is 4.74 Å². The maximum absolute atomic E-state index is 13.1. The number of ether oxygens (including phenoxy) is 1. The summed E-state index contributed by atoms with van der Waals surface area (Å²) in [5.41, 5.74) is 3.65. The molecule has 1 aromatic carbocycles. The molecule has 3 aromatic rings. The van der Waals surface area contributed by atoms with E-state index in [9.17, 15) is 4.39 Å². The van der Waals surface area contributed by atoms with Gasteiger partial charge in [-0.05, 0) is 35.4 Å². The topological polar surface area (TPSA) is 52.8 Å². The maximum Gasteiger partial charge on any atom is 0.224 e. The van der Waals surface area contributed by atoms with Crippen LogP contribution in [-0.4, -0.2) is 20.0 Å². The first-order valence-electron chi connectivity index (χ1n) is 6.10. The Morgan fingerprint density at radius 2 is 1.85 bits per heavy atom. The Labute approximate surface area is 113 Å². The zero-order chi connectivity index (χ0) is 13.5. The van der Waals surface area contributed by atoms with Gasteiger partial charge in [0.25, 0.3) is 0 Å². The normalized spacial score (nSPS) is 12.4. The second kappa shape index (κ2) is 4.12. The van der Waals surface area contributed by atoms with Gasteiger partial charge in [-0.15, -0.1) is 0 Å². The molecule has 0 atom stereocenters. The second-order valence-corrected chi connectivity index (χ2v) is 4.44. The molecule has 4 rings (SSSR count). The van der Waals surface area contributed by atoms with Crippen molar-refractivity contribution in [2.45, 2.75) is 6.61 Å². The number of benzene rings is 1. The third-order valence-corrected chi connectivity index (χ3v) is 3.22. The molecule has 20 heavy (non-hydrogen) atoms. The van der Waals surface area contributed by atoms with Crippen LogP contribution in [0.4, 0.5) is 4.39 Å². The molecule has 1 aliphatic rings. The Morgan fingerprint density at radius 3 is 2.70 bits per heavy atom. The van der Waals surface area contributed by atoms with Gasteiger partial charge in [-0.25, -0.2) is 0 Å². The predicted molar refractivity (Wildman–Crippen MR) is 68.9 cm³/mol. The van der Waals surface area contributed by atoms with E-state index in [2.05, 4.69) is 15.2 Å². The van der Waals surface area contributed by atoms with E-state index in [0.29, 0.717) is 12.5 Å². The second-order valence-electron chi connectivity index (χ2n) is 4.44. The minimum Gasteiger partial charge on any atom is -0.472 e. The van der Waals surface area contributed by atoms with E-state index in [1.54, 1.807) is 23.3 Å². The van der Waals surface area contributed by atoms with Gasteiger partial charge in [-0.2, -0.15) is 24.4 Å². The lowest BCUT2D eigenvalue weighted by molar-refractivity contribution is 0.285. The van der Waals surface area contributed by atoms with Crippen molar-refractivity contribution in [2.75, 3.05) is 0 Å². The Hall–Kier alpha value is -2.76. The Balaban J connectivity index is 1.85. The predicted octanol–water partition coefficient (Wildman–Crippen LogP) is 2.36. The standard InChI is InChI=1S/C14H9FN4O/c15-13-4-3-12-11-2-1-10(19-16-5-6-17-19)7-9(11)8-20-14(12)18-13/h1-7H,8H2. The Morgan fingerprint density at radius 1 is 1.05 bits per heavy atom. The minimum atomic E-state index is -0.537. The molecule has 6 heteroatoms. The molecule has 5 nitrogen and oxygen atoms in total. The fraction of sp³-hybridized carbons (Fsp3) is 0.0714. The van der Waals surface area contributed by atoms with Crippen LogP contribution in [0, 0.1) is 5.95 Å². The van der Waals surface area contributed by atoms with E-state index in [4.69, 9.17) is 4.74 Å². The van der Waals surface area contributed by atoms with Crippen LogP contribution < -0.4 is 4.74 Å². The average Bonchev–Trinajstić information content (AvgIpc) is 3.00. The third-order valence-electron chi connectivity index (χ3n) is 3.22. The molecule has 0 N–H and O–H groups in total. The van der Waals surface area contributed by atoms with Crippen molar-refractivity contribution < 1.29 is 9.13 Å². The van der Waals surface area contributed by atoms with Crippen LogP contribution >= 0.6 is 0 Å². The van der Waals surface area contributed by atoms with Crippen molar-refractivity contribution in [1.29, 1.82) is 0 Å². The summed E-state index contributed by atoms with van der Waals surface area (Å²) in [5, 5.41) is 8.19. The largest absolute Gasteiger partial charge is 0.472 e. The molecule has 0 aliphatic carbocycles. The Kier molecular flexibility index (Phi) is 2.29. The molecule has 0 saturated heterocycles. The van der Waals surface area contributed by atoms with Crippen molar-refractivity contribution in [3.63, 3.8) is 0 Å². The SMILES string of the molecule is Fc1ccc2c(n1)OCc1cc(-n3nccn3)ccc1-2. The molecule has 0 fully saturated rings. The van der Waals surface area contributed by atoms with E-state index in [1.165, 1.54) is 6.07 Å². The number of halogens is 1. The summed E-state index contributed by atoms with van der Waals surface area (Å²) in [6.07, 6.45) is 3.25. The van der Waals surface area contributed by atoms with Crippen molar-refractivity contribution in [1.82, 2.24) is 20.0 Å². The van der Waals surface area contributed by atoms with Gasteiger partial charge in [0.15, 0.2) is 0 Å². The highest BCUT2D eigenvalue weighted by Crippen LogP contribution is 2.36. The lowest BCUT2D eigenvalue weighted by atomic mass is 9.98. The van der Waals surface area contributed by atoms with E-state index in [-0.39, 0.29) is 0 Å². The third kappa shape index (κ3) is 1.65. The zero-order valence-corrected chi connectivity index (χ0v) is 10.3. The van der Waals surface area contributed by atoms with Gasteiger partial charge >= 0.3 is 0 Å². The minimum absolute atomic E-state index is 0.336. The molecule has 0 amide bonds. The molecular weight excluding hydrogens is 259 g/mol. The molecule has 98 valence electrons. The zero-order valence-electron chi connectivity index (χ0n) is 10.3. The summed E-state index contributed by atoms with van der Waals surface area (Å²) < 4.78 is 18.6. The highest BCUT2D eigenvalue weighted by atomic mass is 19.1. The number of aromatic nitrogens is 4. The molecule has 0 bridgehead atoms. The monoisotopic (exact) mass is 268 g/mol. The van der Waals surface area contributed by atoms with Crippen LogP contribution in [0.25, 0.3) is 16.8 Å². The van der Waals surface area contributed by atoms with E-state index < -0.39 is 5.95 Å². The lowest BCUT2D eigenvalue weighted by Crippen LogP contribution is -2.09. The number of hydrogen-bond acceptors (Lipinski definition) is 4. The van der Waals surface area contributed by atoms with Gasteiger partial charge in [-0.1, -0.05) is 6.07 Å². The van der Waals surface area contributed by atoms with Gasteiger partial charge in [-0.3, -0.25) is 0 Å². The van der Waals surface area contributed by atoms with Crippen molar-refractivity contribution in [3.05, 3.63) is 54.2 Å². The quantitative estimate of drug-likeness (QED) is 0.636. The summed E-state index contributed by atoms with van der Waals surface area (Å²) >= 11 is 0. The van der Waals surface area contributed by atoms with Crippen LogP contribution in [-0.2, 0) is 6.61 Å². The van der Waals surface area contributed by atoms with Crippen LogP contribution in [0.3, 0.4) is 0 Å². The number of fused-ring (bicyclic) bond motifs is 3. The molecule has 0 saturated carbocycles. The van der Waals surface area contributed by atoms with E-state index in [1.807, 2.05) is 18.2 Å². The first kappa shape index (κ1) is 11.1. The molecular formula is C14H9FN4O. The fourth-order valence-electron chi connectivity index (χ4n) is 2.31. The van der Waals surface area contributed by atoms with Crippen LogP contribution in [0.5, 0.6) is 5.88 Å². The number of nitrogens with zero attached hydrogens (tertiary/aromatic N) is 4. The van der Waals surface area contributed by atoms with Crippen LogP contribution in [0.2, 0.25) is 0 Å². The molecule has 0 radical (unpaired) electrons. The summed E-state index contributed by atoms with van der Waals surface area (Å²) in [6.45, 7) is 0.355. The highest BCUT2D eigenvalue weighted by Gasteiger charge is 2.19. The smallest absolute Gasteiger partial charge is 0.224 e. The van der Waals surface area contributed by atoms with Crippen molar-refractivity contribution >= 4 is 0 Å². The first-order valence-corrected chi connectivity index (χ1v) is 6.10. The van der Waals surface area contributed by atoms with Crippen LogP contribution in [0.1, 0.15) is 5.56 Å². The van der Waals surface area contributed by atoms with Crippen molar-refractivity contribution in [3.8, 4) is 22.7 Å². The summed E-state index contributed by atoms with van der Waals surface area (Å²) in [6, 6.07) is 8.84. The van der Waals surface area contributed by atoms with Gasteiger partial charge in [0.2, 0.25) is 11.8 Å². The molecule has 3 heterocycles. The lowest BCUT2D eigenvalue weighted by Gasteiger charge is -2.20. The maximum atomic E-state index is 13.1. The van der Waals surface area contributed by atoms with Gasteiger partial charge in [0, 0.05) is 5.56 Å². The Bertz CT molecular complexity index is 786. The molecule has 2 aromatic heterocycles. The fourth-order valence-corrected chi connectivity index (χ4v) is 2.31. The van der Waals surface area contributed by atoms with Gasteiger partial charge in [0.05, 0.1) is 18.1 Å². The first-order chi connectivity index (χ1) is 9.81. The van der Waals surface area contributed by atoms with Crippen LogP contribution in [0.15, 0.2) is 42.7 Å². The number of rotatable bonds is 1. The van der Waals surface area contributed by atoms with E-state index in [0.717, 1.165) is 22.4 Å². The summed E-state index contributed by atoms with van der Waals surface area (Å²) in [4.78, 5) is 5.31. The summed E-state index contributed by atoms with van der Waals surface area (Å²) in [7, 11) is 0. The van der Waals surface area contributed by atoms with Gasteiger partial charge in [0.1, 0.15) is 6.61 Å². The average molecular weight is 268 g/mol. The number of pyridine rings is 1. The van der Waals surface area contributed by atoms with E-state index >= 15 is 0 Å². The summed E-state index contributed by atoms with van der Waals surface area (Å²) in [5.74, 6) is -0.202. The number of hydrogen-bond donors (Lipinski definition) is 0. The highest BCUT2D eigenvalue weighted by molar-refractivity contribution is 5.74. The molecule has 1 aliphatic heterocycles.